The van der Waals surface area contributed by atoms with Crippen molar-refractivity contribution in [3.63, 3.8) is 0 Å². The lowest BCUT2D eigenvalue weighted by Crippen LogP contribution is -2.19. The molecular formula is C23H25N3O3. The van der Waals surface area contributed by atoms with Gasteiger partial charge in [0.15, 0.2) is 0 Å². The molecule has 3 aromatic carbocycles. The van der Waals surface area contributed by atoms with Gasteiger partial charge in [0, 0.05) is 31.1 Å². The molecule has 6 heteroatoms. The molecule has 29 heavy (non-hydrogen) atoms. The monoisotopic (exact) mass is 391 g/mol. The minimum absolute atomic E-state index is 0.152. The van der Waals surface area contributed by atoms with Crippen LogP contribution in [0, 0.1) is 0 Å². The van der Waals surface area contributed by atoms with Gasteiger partial charge < -0.3 is 14.7 Å². The van der Waals surface area contributed by atoms with Crippen molar-refractivity contribution in [2.75, 3.05) is 25.1 Å². The van der Waals surface area contributed by atoms with Gasteiger partial charge in [-0.05, 0) is 67.3 Å². The van der Waals surface area contributed by atoms with E-state index in [-0.39, 0.29) is 11.7 Å². The van der Waals surface area contributed by atoms with Crippen LogP contribution in [0.1, 0.15) is 19.8 Å². The number of fused-ring (bicyclic) bond motifs is 1. The lowest BCUT2D eigenvalue weighted by atomic mass is 10.1. The van der Waals surface area contributed by atoms with E-state index in [4.69, 9.17) is 4.74 Å². The van der Waals surface area contributed by atoms with Crippen molar-refractivity contribution in [1.29, 1.82) is 0 Å². The predicted octanol–water partition coefficient (Wildman–Crippen LogP) is 5.74. The number of ether oxygens (including phenoxy) is 1. The van der Waals surface area contributed by atoms with Gasteiger partial charge in [-0.15, -0.1) is 0 Å². The number of azo groups is 1. The Morgan fingerprint density at radius 1 is 1.03 bits per heavy atom. The second-order valence-electron chi connectivity index (χ2n) is 6.73. The highest BCUT2D eigenvalue weighted by Crippen LogP contribution is 2.29. The Morgan fingerprint density at radius 2 is 1.76 bits per heavy atom. The first-order valence-electron chi connectivity index (χ1n) is 9.67. The van der Waals surface area contributed by atoms with E-state index in [1.165, 1.54) is 0 Å². The predicted molar refractivity (Wildman–Crippen MR) is 115 cm³/mol. The molecule has 0 aliphatic heterocycles. The van der Waals surface area contributed by atoms with E-state index >= 15 is 0 Å². The zero-order valence-corrected chi connectivity index (χ0v) is 16.7. The summed E-state index contributed by atoms with van der Waals surface area (Å²) in [5, 5.41) is 20.2. The van der Waals surface area contributed by atoms with Gasteiger partial charge in [0.1, 0.15) is 5.75 Å². The Balaban J connectivity index is 1.59. The molecule has 1 N–H and O–H groups in total. The molecule has 0 fully saturated rings. The highest BCUT2D eigenvalue weighted by molar-refractivity contribution is 5.90. The van der Waals surface area contributed by atoms with Gasteiger partial charge in [-0.25, -0.2) is 0 Å². The largest absolute Gasteiger partial charge is 0.507 e. The number of anilines is 1. The molecule has 0 saturated heterocycles. The maximum absolute atomic E-state index is 11.4. The van der Waals surface area contributed by atoms with Crippen molar-refractivity contribution < 1.29 is 14.6 Å². The third kappa shape index (κ3) is 5.54. The molecule has 0 heterocycles. The molecule has 150 valence electrons. The highest BCUT2D eigenvalue weighted by atomic mass is 16.5. The molecule has 0 amide bonds. The van der Waals surface area contributed by atoms with E-state index in [2.05, 4.69) is 15.1 Å². The standard InChI is InChI=1S/C23H25N3O3/c1-3-29-23(28)8-5-15-26(2)20-12-9-18(10-13-20)24-25-19-11-14-21-17(16-19)6-4-7-22(21)27/h4,6-7,9-14,16,27H,3,5,8,15H2,1-2H3/b25-24+. The molecule has 0 radical (unpaired) electrons. The summed E-state index contributed by atoms with van der Waals surface area (Å²) < 4.78 is 4.95. The van der Waals surface area contributed by atoms with E-state index in [9.17, 15) is 9.90 Å². The van der Waals surface area contributed by atoms with Crippen molar-refractivity contribution in [2.45, 2.75) is 19.8 Å². The summed E-state index contributed by atoms with van der Waals surface area (Å²) in [6, 6.07) is 18.8. The molecule has 0 aromatic heterocycles. The fourth-order valence-electron chi connectivity index (χ4n) is 3.03. The van der Waals surface area contributed by atoms with Gasteiger partial charge in [0.25, 0.3) is 0 Å². The Bertz CT molecular complexity index is 1000. The van der Waals surface area contributed by atoms with E-state index in [1.807, 2.05) is 62.5 Å². The summed E-state index contributed by atoms with van der Waals surface area (Å²) in [4.78, 5) is 13.5. The van der Waals surface area contributed by atoms with Crippen molar-refractivity contribution in [1.82, 2.24) is 0 Å². The minimum Gasteiger partial charge on any atom is -0.507 e. The Labute approximate surface area is 170 Å². The number of aromatic hydroxyl groups is 1. The van der Waals surface area contributed by atoms with E-state index in [0.29, 0.717) is 13.0 Å². The molecule has 0 saturated carbocycles. The topological polar surface area (TPSA) is 74.5 Å². The van der Waals surface area contributed by atoms with Crippen LogP contribution in [0.5, 0.6) is 5.75 Å². The summed E-state index contributed by atoms with van der Waals surface area (Å²) in [7, 11) is 1.99. The van der Waals surface area contributed by atoms with Gasteiger partial charge in [-0.1, -0.05) is 12.1 Å². The lowest BCUT2D eigenvalue weighted by molar-refractivity contribution is -0.143. The van der Waals surface area contributed by atoms with Gasteiger partial charge >= 0.3 is 5.97 Å². The molecule has 3 aromatic rings. The van der Waals surface area contributed by atoms with Crippen LogP contribution >= 0.6 is 0 Å². The Kier molecular flexibility index (Phi) is 6.79. The van der Waals surface area contributed by atoms with Gasteiger partial charge in [0.05, 0.1) is 18.0 Å². The molecule has 0 atom stereocenters. The first-order chi connectivity index (χ1) is 14.1. The van der Waals surface area contributed by atoms with Crippen molar-refractivity contribution >= 4 is 33.8 Å². The van der Waals surface area contributed by atoms with Gasteiger partial charge in [-0.3, -0.25) is 4.79 Å². The summed E-state index contributed by atoms with van der Waals surface area (Å²) in [5.41, 5.74) is 2.53. The second-order valence-corrected chi connectivity index (χ2v) is 6.73. The summed E-state index contributed by atoms with van der Waals surface area (Å²) >= 11 is 0. The number of carbonyl (C=O) groups is 1. The summed E-state index contributed by atoms with van der Waals surface area (Å²) in [6.07, 6.45) is 1.17. The molecule has 3 rings (SSSR count). The van der Waals surface area contributed by atoms with Gasteiger partial charge in [-0.2, -0.15) is 10.2 Å². The SMILES string of the molecule is CCOC(=O)CCCN(C)c1ccc(/N=N/c2ccc3c(O)cccc3c2)cc1. The molecule has 0 aliphatic carbocycles. The second kappa shape index (κ2) is 9.68. The number of hydrogen-bond donors (Lipinski definition) is 1. The maximum Gasteiger partial charge on any atom is 0.305 e. The van der Waals surface area contributed by atoms with E-state index < -0.39 is 0 Å². The normalized spacial score (nSPS) is 11.1. The van der Waals surface area contributed by atoms with Crippen LogP contribution in [-0.2, 0) is 9.53 Å². The van der Waals surface area contributed by atoms with E-state index in [1.54, 1.807) is 12.1 Å². The van der Waals surface area contributed by atoms with Crippen molar-refractivity contribution in [3.8, 4) is 5.75 Å². The number of rotatable bonds is 8. The molecule has 6 nitrogen and oxygen atoms in total. The number of phenols is 1. The van der Waals surface area contributed by atoms with Crippen molar-refractivity contribution in [2.24, 2.45) is 10.2 Å². The van der Waals surface area contributed by atoms with Gasteiger partial charge in [0.2, 0.25) is 0 Å². The molecular weight excluding hydrogens is 366 g/mol. The molecule has 0 unspecified atom stereocenters. The maximum atomic E-state index is 11.4. The molecule has 0 spiro atoms. The van der Waals surface area contributed by atoms with E-state index in [0.717, 1.165) is 40.8 Å². The first-order valence-corrected chi connectivity index (χ1v) is 9.67. The van der Waals surface area contributed by atoms with Crippen LogP contribution in [0.25, 0.3) is 10.8 Å². The zero-order chi connectivity index (χ0) is 20.6. The molecule has 0 aliphatic rings. The smallest absolute Gasteiger partial charge is 0.305 e. The van der Waals surface area contributed by atoms with Crippen LogP contribution < -0.4 is 4.90 Å². The number of nitrogens with zero attached hydrogens (tertiary/aromatic N) is 3. The van der Waals surface area contributed by atoms with Crippen LogP contribution in [0.3, 0.4) is 0 Å². The number of hydrogen-bond acceptors (Lipinski definition) is 6. The average Bonchev–Trinajstić information content (AvgIpc) is 2.73. The molecule has 0 bridgehead atoms. The van der Waals surface area contributed by atoms with Crippen LogP contribution in [0.15, 0.2) is 70.9 Å². The lowest BCUT2D eigenvalue weighted by Gasteiger charge is -2.19. The van der Waals surface area contributed by atoms with Crippen LogP contribution in [0.2, 0.25) is 0 Å². The minimum atomic E-state index is -0.152. The third-order valence-corrected chi connectivity index (χ3v) is 4.59. The third-order valence-electron chi connectivity index (χ3n) is 4.59. The number of esters is 1. The number of carbonyl (C=O) groups excluding carboxylic acids is 1. The van der Waals surface area contributed by atoms with Crippen LogP contribution in [0.4, 0.5) is 17.1 Å². The highest BCUT2D eigenvalue weighted by Gasteiger charge is 2.05. The average molecular weight is 391 g/mol. The summed E-state index contributed by atoms with van der Waals surface area (Å²) in [6.45, 7) is 3.00. The fourth-order valence-corrected chi connectivity index (χ4v) is 3.03. The number of benzene rings is 3. The van der Waals surface area contributed by atoms with Crippen molar-refractivity contribution in [3.05, 3.63) is 60.7 Å². The fraction of sp³-hybridized carbons (Fsp3) is 0.261. The number of phenolic OH excluding ortho intramolecular Hbond substituents is 1. The summed E-state index contributed by atoms with van der Waals surface area (Å²) in [5.74, 6) is 0.105. The quantitative estimate of drug-likeness (QED) is 0.392. The van der Waals surface area contributed by atoms with Crippen LogP contribution in [-0.4, -0.2) is 31.3 Å². The zero-order valence-electron chi connectivity index (χ0n) is 16.7. The Morgan fingerprint density at radius 3 is 2.52 bits per heavy atom. The Hall–Kier alpha value is -3.41. The first kappa shape index (κ1) is 20.3.